The first-order chi connectivity index (χ1) is 8.78. The summed E-state index contributed by atoms with van der Waals surface area (Å²) in [7, 11) is 0. The molecule has 0 radical (unpaired) electrons. The van der Waals surface area contributed by atoms with Gasteiger partial charge in [-0.05, 0) is 17.7 Å². The summed E-state index contributed by atoms with van der Waals surface area (Å²) in [5.41, 5.74) is 9.41. The maximum Gasteiger partial charge on any atom is 0.137 e. The number of halogens is 1. The quantitative estimate of drug-likeness (QED) is 0.767. The fourth-order valence-corrected chi connectivity index (χ4v) is 2.19. The summed E-state index contributed by atoms with van der Waals surface area (Å²) in [4.78, 5) is 4.56. The van der Waals surface area contributed by atoms with Crippen LogP contribution >= 0.6 is 11.6 Å². The van der Waals surface area contributed by atoms with E-state index in [0.29, 0.717) is 11.6 Å². The van der Waals surface area contributed by atoms with E-state index in [1.54, 1.807) is 0 Å². The third-order valence-corrected chi connectivity index (χ3v) is 3.23. The molecule has 0 unspecified atom stereocenters. The van der Waals surface area contributed by atoms with Gasteiger partial charge in [0.15, 0.2) is 0 Å². The Hall–Kier alpha value is -1.84. The summed E-state index contributed by atoms with van der Waals surface area (Å²) in [5, 5.41) is 0.708. The van der Waals surface area contributed by atoms with Crippen molar-refractivity contribution in [1.29, 1.82) is 0 Å². The Balaban J connectivity index is 2.17. The van der Waals surface area contributed by atoms with Crippen molar-refractivity contribution in [3.05, 3.63) is 59.4 Å². The van der Waals surface area contributed by atoms with Gasteiger partial charge in [-0.15, -0.1) is 0 Å². The first-order valence-electron chi connectivity index (χ1n) is 5.70. The van der Waals surface area contributed by atoms with E-state index in [1.807, 2.05) is 53.2 Å². The van der Waals surface area contributed by atoms with Gasteiger partial charge in [0.05, 0.1) is 10.7 Å². The molecule has 0 saturated carbocycles. The van der Waals surface area contributed by atoms with Crippen LogP contribution in [-0.2, 0) is 6.54 Å². The summed E-state index contributed by atoms with van der Waals surface area (Å²) in [5.74, 6) is 0. The van der Waals surface area contributed by atoms with Crippen molar-refractivity contribution in [2.24, 2.45) is 5.73 Å². The van der Waals surface area contributed by atoms with Crippen molar-refractivity contribution in [2.45, 2.75) is 6.54 Å². The predicted molar refractivity (Wildman–Crippen MR) is 73.5 cm³/mol. The molecule has 90 valence electrons. The normalized spacial score (nSPS) is 11.0. The topological polar surface area (TPSA) is 43.3 Å². The lowest BCUT2D eigenvalue weighted by atomic mass is 10.2. The smallest absolute Gasteiger partial charge is 0.137 e. The molecule has 18 heavy (non-hydrogen) atoms. The lowest BCUT2D eigenvalue weighted by Gasteiger charge is -1.98. The molecule has 0 saturated heterocycles. The summed E-state index contributed by atoms with van der Waals surface area (Å²) < 4.78 is 1.97. The highest BCUT2D eigenvalue weighted by atomic mass is 35.5. The Labute approximate surface area is 110 Å². The standard InChI is InChI=1S/C14H12ClN3/c15-12-4-2-1-3-11(12)13-9-18-8-10(7-16)5-6-14(18)17-13/h1-6,8-9H,7,16H2. The van der Waals surface area contributed by atoms with Crippen LogP contribution in [0.25, 0.3) is 16.9 Å². The average Bonchev–Trinajstić information content (AvgIpc) is 2.81. The zero-order valence-corrected chi connectivity index (χ0v) is 10.4. The minimum absolute atomic E-state index is 0.523. The summed E-state index contributed by atoms with van der Waals surface area (Å²) in [6, 6.07) is 11.6. The second-order valence-corrected chi connectivity index (χ2v) is 4.52. The monoisotopic (exact) mass is 257 g/mol. The Bertz CT molecular complexity index is 703. The van der Waals surface area contributed by atoms with Crippen LogP contribution in [0.3, 0.4) is 0 Å². The van der Waals surface area contributed by atoms with Crippen molar-refractivity contribution in [2.75, 3.05) is 0 Å². The average molecular weight is 258 g/mol. The molecule has 2 N–H and O–H groups in total. The van der Waals surface area contributed by atoms with Gasteiger partial charge in [-0.2, -0.15) is 0 Å². The first kappa shape index (κ1) is 11.3. The van der Waals surface area contributed by atoms with Crippen molar-refractivity contribution in [3.8, 4) is 11.3 Å². The molecule has 3 aromatic rings. The number of benzene rings is 1. The lowest BCUT2D eigenvalue weighted by molar-refractivity contribution is 1.03. The van der Waals surface area contributed by atoms with Gasteiger partial charge in [-0.25, -0.2) is 4.98 Å². The number of pyridine rings is 1. The fraction of sp³-hybridized carbons (Fsp3) is 0.0714. The first-order valence-corrected chi connectivity index (χ1v) is 6.08. The highest BCUT2D eigenvalue weighted by Crippen LogP contribution is 2.26. The number of hydrogen-bond acceptors (Lipinski definition) is 2. The predicted octanol–water partition coefficient (Wildman–Crippen LogP) is 3.11. The molecule has 0 atom stereocenters. The van der Waals surface area contributed by atoms with E-state index < -0.39 is 0 Å². The number of nitrogens with zero attached hydrogens (tertiary/aromatic N) is 2. The molecule has 3 rings (SSSR count). The molecule has 0 spiro atoms. The largest absolute Gasteiger partial charge is 0.326 e. The van der Waals surface area contributed by atoms with Gasteiger partial charge >= 0.3 is 0 Å². The van der Waals surface area contributed by atoms with Crippen molar-refractivity contribution >= 4 is 17.2 Å². The van der Waals surface area contributed by atoms with Crippen LogP contribution in [0.1, 0.15) is 5.56 Å². The zero-order valence-electron chi connectivity index (χ0n) is 9.68. The number of nitrogens with two attached hydrogens (primary N) is 1. The van der Waals surface area contributed by atoms with Crippen LogP contribution in [0.5, 0.6) is 0 Å². The zero-order chi connectivity index (χ0) is 12.5. The molecule has 2 heterocycles. The lowest BCUT2D eigenvalue weighted by Crippen LogP contribution is -1.97. The molecule has 0 aliphatic heterocycles. The van der Waals surface area contributed by atoms with E-state index in [4.69, 9.17) is 17.3 Å². The van der Waals surface area contributed by atoms with Crippen LogP contribution in [0.4, 0.5) is 0 Å². The fourth-order valence-electron chi connectivity index (χ4n) is 1.96. The third-order valence-electron chi connectivity index (χ3n) is 2.90. The van der Waals surface area contributed by atoms with Gasteiger partial charge in [0, 0.05) is 24.5 Å². The van der Waals surface area contributed by atoms with E-state index in [9.17, 15) is 0 Å². The second-order valence-electron chi connectivity index (χ2n) is 4.11. The Morgan fingerprint density at radius 1 is 1.11 bits per heavy atom. The SMILES string of the molecule is NCc1ccc2nc(-c3ccccc3Cl)cn2c1. The minimum Gasteiger partial charge on any atom is -0.326 e. The van der Waals surface area contributed by atoms with Gasteiger partial charge in [-0.3, -0.25) is 0 Å². The number of rotatable bonds is 2. The molecule has 0 aliphatic carbocycles. The molecule has 0 aliphatic rings. The molecule has 0 fully saturated rings. The van der Waals surface area contributed by atoms with Crippen molar-refractivity contribution in [3.63, 3.8) is 0 Å². The molecule has 3 nitrogen and oxygen atoms in total. The van der Waals surface area contributed by atoms with Gasteiger partial charge in [0.2, 0.25) is 0 Å². The molecule has 0 amide bonds. The molecular weight excluding hydrogens is 246 g/mol. The van der Waals surface area contributed by atoms with Crippen LogP contribution < -0.4 is 5.73 Å². The second kappa shape index (κ2) is 4.44. The minimum atomic E-state index is 0.523. The van der Waals surface area contributed by atoms with Crippen LogP contribution in [0.15, 0.2) is 48.8 Å². The Kier molecular flexibility index (Phi) is 2.78. The van der Waals surface area contributed by atoms with E-state index in [0.717, 1.165) is 22.5 Å². The van der Waals surface area contributed by atoms with Gasteiger partial charge in [0.25, 0.3) is 0 Å². The number of imidazole rings is 1. The van der Waals surface area contributed by atoms with Crippen molar-refractivity contribution < 1.29 is 0 Å². The van der Waals surface area contributed by atoms with Crippen LogP contribution in [-0.4, -0.2) is 9.38 Å². The highest BCUT2D eigenvalue weighted by molar-refractivity contribution is 6.33. The van der Waals surface area contributed by atoms with Crippen molar-refractivity contribution in [1.82, 2.24) is 9.38 Å². The molecule has 1 aromatic carbocycles. The summed E-state index contributed by atoms with van der Waals surface area (Å²) >= 11 is 6.18. The number of fused-ring (bicyclic) bond motifs is 1. The third kappa shape index (κ3) is 1.88. The Morgan fingerprint density at radius 2 is 1.94 bits per heavy atom. The van der Waals surface area contributed by atoms with E-state index in [2.05, 4.69) is 4.98 Å². The van der Waals surface area contributed by atoms with E-state index in [1.165, 1.54) is 0 Å². The summed E-state index contributed by atoms with van der Waals surface area (Å²) in [6.45, 7) is 0.523. The Morgan fingerprint density at radius 3 is 2.72 bits per heavy atom. The van der Waals surface area contributed by atoms with E-state index >= 15 is 0 Å². The van der Waals surface area contributed by atoms with Gasteiger partial charge in [-0.1, -0.05) is 35.9 Å². The number of aromatic nitrogens is 2. The van der Waals surface area contributed by atoms with Gasteiger partial charge < -0.3 is 10.1 Å². The number of hydrogen-bond donors (Lipinski definition) is 1. The van der Waals surface area contributed by atoms with Gasteiger partial charge in [0.1, 0.15) is 5.65 Å². The molecule has 2 aromatic heterocycles. The van der Waals surface area contributed by atoms with Crippen LogP contribution in [0, 0.1) is 0 Å². The molecule has 4 heteroatoms. The highest BCUT2D eigenvalue weighted by Gasteiger charge is 2.07. The van der Waals surface area contributed by atoms with Crippen LogP contribution in [0.2, 0.25) is 5.02 Å². The maximum absolute atomic E-state index is 6.18. The molecular formula is C14H12ClN3. The molecule has 0 bridgehead atoms. The maximum atomic E-state index is 6.18. The summed E-state index contributed by atoms with van der Waals surface area (Å²) in [6.07, 6.45) is 3.96. The van der Waals surface area contributed by atoms with E-state index in [-0.39, 0.29) is 0 Å².